The molecule has 1 aromatic carbocycles. The van der Waals surface area contributed by atoms with E-state index >= 15 is 0 Å². The second-order valence-corrected chi connectivity index (χ2v) is 6.03. The predicted octanol–water partition coefficient (Wildman–Crippen LogP) is 0.437. The van der Waals surface area contributed by atoms with Crippen molar-refractivity contribution in [3.8, 4) is 0 Å². The summed E-state index contributed by atoms with van der Waals surface area (Å²) in [6, 6.07) is 5.96. The molecule has 0 spiro atoms. The Morgan fingerprint density at radius 3 is 2.55 bits per heavy atom. The third-order valence-electron chi connectivity index (χ3n) is 2.47. The van der Waals surface area contributed by atoms with Crippen LogP contribution in [0.25, 0.3) is 0 Å². The van der Waals surface area contributed by atoms with Gasteiger partial charge in [0.15, 0.2) is 0 Å². The summed E-state index contributed by atoms with van der Waals surface area (Å²) in [6.07, 6.45) is 0.565. The number of benzene rings is 1. The molecule has 114 valence electrons. The molecule has 0 saturated carbocycles. The fourth-order valence-electron chi connectivity index (χ4n) is 1.45. The normalized spacial score (nSPS) is 10.8. The second-order valence-electron chi connectivity index (χ2n) is 4.27. The fraction of sp³-hybridized carbons (Fsp3) is 0.417. The molecule has 0 saturated heterocycles. The van der Waals surface area contributed by atoms with Crippen LogP contribution in [0.4, 0.5) is 0 Å². The van der Waals surface area contributed by atoms with Crippen molar-refractivity contribution < 1.29 is 13.2 Å². The van der Waals surface area contributed by atoms with Gasteiger partial charge in [-0.05, 0) is 31.2 Å². The summed E-state index contributed by atoms with van der Waals surface area (Å²) in [6.45, 7) is 0.701. The van der Waals surface area contributed by atoms with Gasteiger partial charge in [0.2, 0.25) is 10.0 Å². The number of carbonyl (C=O) groups excluding carboxylic acids is 1. The average molecular weight is 322 g/mol. The number of nitrogens with one attached hydrogen (secondary N) is 1. The van der Waals surface area contributed by atoms with Crippen molar-refractivity contribution >= 4 is 28.3 Å². The molecular formula is C12H20ClN3O3S. The lowest BCUT2D eigenvalue weighted by atomic mass is 10.2. The van der Waals surface area contributed by atoms with Crippen LogP contribution < -0.4 is 10.5 Å². The molecule has 1 aromatic rings. The van der Waals surface area contributed by atoms with E-state index in [4.69, 9.17) is 5.73 Å². The monoisotopic (exact) mass is 321 g/mol. The van der Waals surface area contributed by atoms with E-state index in [2.05, 4.69) is 4.72 Å². The van der Waals surface area contributed by atoms with Crippen LogP contribution in [0.15, 0.2) is 29.2 Å². The van der Waals surface area contributed by atoms with Gasteiger partial charge in [-0.2, -0.15) is 0 Å². The van der Waals surface area contributed by atoms with Crippen LogP contribution in [-0.4, -0.2) is 46.4 Å². The van der Waals surface area contributed by atoms with Crippen molar-refractivity contribution in [2.24, 2.45) is 5.73 Å². The maximum Gasteiger partial charge on any atom is 0.253 e. The molecule has 0 bridgehead atoms. The number of nitrogens with zero attached hydrogens (tertiary/aromatic N) is 1. The Hall–Kier alpha value is -1.15. The average Bonchev–Trinajstić information content (AvgIpc) is 2.38. The maximum atomic E-state index is 12.0. The van der Waals surface area contributed by atoms with Crippen LogP contribution in [0.3, 0.4) is 0 Å². The number of amides is 1. The maximum absolute atomic E-state index is 12.0. The first-order chi connectivity index (χ1) is 8.88. The summed E-state index contributed by atoms with van der Waals surface area (Å²) in [4.78, 5) is 13.3. The van der Waals surface area contributed by atoms with Gasteiger partial charge in [-0.3, -0.25) is 4.79 Å². The quantitative estimate of drug-likeness (QED) is 0.743. The second kappa shape index (κ2) is 8.21. The van der Waals surface area contributed by atoms with E-state index in [1.807, 2.05) is 0 Å². The zero-order valence-electron chi connectivity index (χ0n) is 11.5. The zero-order valence-corrected chi connectivity index (χ0v) is 13.1. The highest BCUT2D eigenvalue weighted by atomic mass is 35.5. The highest BCUT2D eigenvalue weighted by Crippen LogP contribution is 2.12. The Bertz CT molecular complexity index is 547. The number of halogens is 1. The minimum Gasteiger partial charge on any atom is -0.345 e. The van der Waals surface area contributed by atoms with Gasteiger partial charge in [-0.1, -0.05) is 6.07 Å². The lowest BCUT2D eigenvalue weighted by molar-refractivity contribution is 0.0827. The Labute approximate surface area is 125 Å². The topological polar surface area (TPSA) is 92.5 Å². The number of hydrogen-bond acceptors (Lipinski definition) is 4. The molecule has 0 unspecified atom stereocenters. The molecule has 0 fully saturated rings. The van der Waals surface area contributed by atoms with E-state index in [1.54, 1.807) is 26.2 Å². The summed E-state index contributed by atoms with van der Waals surface area (Å²) < 4.78 is 26.4. The Balaban J connectivity index is 0.00000361. The van der Waals surface area contributed by atoms with Gasteiger partial charge in [-0.15, -0.1) is 12.4 Å². The van der Waals surface area contributed by atoms with E-state index in [0.29, 0.717) is 18.5 Å². The number of carbonyl (C=O) groups is 1. The SMILES string of the molecule is CN(C)C(=O)c1cccc(S(=O)(=O)NCCCN)c1.Cl. The van der Waals surface area contributed by atoms with E-state index in [-0.39, 0.29) is 29.8 Å². The van der Waals surface area contributed by atoms with Crippen LogP contribution >= 0.6 is 12.4 Å². The molecule has 0 aliphatic heterocycles. The zero-order chi connectivity index (χ0) is 14.5. The van der Waals surface area contributed by atoms with Gasteiger partial charge in [0, 0.05) is 26.2 Å². The Morgan fingerprint density at radius 1 is 1.35 bits per heavy atom. The number of hydrogen-bond donors (Lipinski definition) is 2. The minimum absolute atomic E-state index is 0. The fourth-order valence-corrected chi connectivity index (χ4v) is 2.57. The molecule has 0 atom stereocenters. The van der Waals surface area contributed by atoms with Gasteiger partial charge in [0.05, 0.1) is 4.90 Å². The number of sulfonamides is 1. The molecule has 0 aliphatic rings. The van der Waals surface area contributed by atoms with Gasteiger partial charge in [0.1, 0.15) is 0 Å². The van der Waals surface area contributed by atoms with Gasteiger partial charge in [0.25, 0.3) is 5.91 Å². The first kappa shape index (κ1) is 18.9. The summed E-state index contributed by atoms with van der Waals surface area (Å²) >= 11 is 0. The van der Waals surface area contributed by atoms with Gasteiger partial charge >= 0.3 is 0 Å². The van der Waals surface area contributed by atoms with Gasteiger partial charge < -0.3 is 10.6 Å². The molecule has 0 aliphatic carbocycles. The van der Waals surface area contributed by atoms with E-state index in [9.17, 15) is 13.2 Å². The molecule has 6 nitrogen and oxygen atoms in total. The van der Waals surface area contributed by atoms with Crippen LogP contribution in [-0.2, 0) is 10.0 Å². The summed E-state index contributed by atoms with van der Waals surface area (Å²) in [5, 5.41) is 0. The molecule has 1 rings (SSSR count). The molecule has 20 heavy (non-hydrogen) atoms. The molecule has 3 N–H and O–H groups in total. The third-order valence-corrected chi connectivity index (χ3v) is 3.93. The molecule has 8 heteroatoms. The van der Waals surface area contributed by atoms with Crippen molar-refractivity contribution in [3.63, 3.8) is 0 Å². The summed E-state index contributed by atoms with van der Waals surface area (Å²) in [5.41, 5.74) is 5.65. The van der Waals surface area contributed by atoms with E-state index in [0.717, 1.165) is 0 Å². The van der Waals surface area contributed by atoms with Crippen molar-refractivity contribution in [1.29, 1.82) is 0 Å². The number of nitrogens with two attached hydrogens (primary N) is 1. The van der Waals surface area contributed by atoms with Crippen LogP contribution in [0.1, 0.15) is 16.8 Å². The first-order valence-electron chi connectivity index (χ1n) is 5.90. The predicted molar refractivity (Wildman–Crippen MR) is 80.6 cm³/mol. The van der Waals surface area contributed by atoms with Crippen molar-refractivity contribution in [2.45, 2.75) is 11.3 Å². The lowest BCUT2D eigenvalue weighted by Crippen LogP contribution is -2.27. The van der Waals surface area contributed by atoms with E-state index in [1.165, 1.54) is 17.0 Å². The highest BCUT2D eigenvalue weighted by Gasteiger charge is 2.16. The molecule has 1 amide bonds. The van der Waals surface area contributed by atoms with Crippen molar-refractivity contribution in [3.05, 3.63) is 29.8 Å². The van der Waals surface area contributed by atoms with Crippen LogP contribution in [0.2, 0.25) is 0 Å². The summed E-state index contributed by atoms with van der Waals surface area (Å²) in [5.74, 6) is -0.237. The Kier molecular flexibility index (Phi) is 7.74. The third kappa shape index (κ3) is 5.09. The van der Waals surface area contributed by atoms with Crippen molar-refractivity contribution in [2.75, 3.05) is 27.2 Å². The summed E-state index contributed by atoms with van der Waals surface area (Å²) in [7, 11) is -0.362. The van der Waals surface area contributed by atoms with Crippen molar-refractivity contribution in [1.82, 2.24) is 9.62 Å². The van der Waals surface area contributed by atoms with E-state index < -0.39 is 10.0 Å². The van der Waals surface area contributed by atoms with Gasteiger partial charge in [-0.25, -0.2) is 13.1 Å². The molecule has 0 heterocycles. The van der Waals surface area contributed by atoms with Crippen LogP contribution in [0, 0.1) is 0 Å². The Morgan fingerprint density at radius 2 is 2.00 bits per heavy atom. The molecular weight excluding hydrogens is 302 g/mol. The molecule has 0 aromatic heterocycles. The largest absolute Gasteiger partial charge is 0.345 e. The van der Waals surface area contributed by atoms with Crippen LogP contribution in [0.5, 0.6) is 0 Å². The number of rotatable bonds is 6. The smallest absolute Gasteiger partial charge is 0.253 e. The standard InChI is InChI=1S/C12H19N3O3S.ClH/c1-15(2)12(16)10-5-3-6-11(9-10)19(17,18)14-8-4-7-13;/h3,5-6,9,14H,4,7-8,13H2,1-2H3;1H. The minimum atomic E-state index is -3.59. The highest BCUT2D eigenvalue weighted by molar-refractivity contribution is 7.89. The lowest BCUT2D eigenvalue weighted by Gasteiger charge is -2.11. The molecule has 0 radical (unpaired) electrons. The first-order valence-corrected chi connectivity index (χ1v) is 7.38.